The van der Waals surface area contributed by atoms with Crippen LogP contribution in [0.3, 0.4) is 0 Å². The number of aromatic nitrogens is 1. The van der Waals surface area contributed by atoms with Gasteiger partial charge in [0.05, 0.1) is 11.1 Å². The zero-order chi connectivity index (χ0) is 14.0. The lowest BCUT2D eigenvalue weighted by molar-refractivity contribution is -0.138. The Morgan fingerprint density at radius 1 is 1.37 bits per heavy atom. The number of aliphatic carboxylic acids is 1. The van der Waals surface area contributed by atoms with Crippen molar-refractivity contribution in [3.63, 3.8) is 0 Å². The lowest BCUT2D eigenvalue weighted by Gasteiger charge is -2.07. The van der Waals surface area contributed by atoms with Crippen LogP contribution in [0.1, 0.15) is 5.56 Å². The summed E-state index contributed by atoms with van der Waals surface area (Å²) in [5.74, 6) is -0.0211. The molecule has 1 aliphatic rings. The van der Waals surface area contributed by atoms with E-state index >= 15 is 0 Å². The summed E-state index contributed by atoms with van der Waals surface area (Å²) >= 11 is 2.57. The van der Waals surface area contributed by atoms with Crippen molar-refractivity contribution in [3.8, 4) is 0 Å². The minimum Gasteiger partial charge on any atom is -0.478 e. The molecule has 3 nitrogen and oxygen atoms in total. The van der Waals surface area contributed by atoms with Gasteiger partial charge in [-0.25, -0.2) is 9.78 Å². The molecule has 1 aromatic rings. The smallest absolute Gasteiger partial charge is 0.417 e. The molecule has 102 valence electrons. The summed E-state index contributed by atoms with van der Waals surface area (Å²) in [7, 11) is 0. The Labute approximate surface area is 115 Å². The Morgan fingerprint density at radius 2 is 2.11 bits per heavy atom. The van der Waals surface area contributed by atoms with E-state index in [9.17, 15) is 18.0 Å². The van der Waals surface area contributed by atoms with Crippen molar-refractivity contribution in [3.05, 3.63) is 34.4 Å². The summed E-state index contributed by atoms with van der Waals surface area (Å²) < 4.78 is 37.1. The Kier molecular flexibility index (Phi) is 4.10. The highest BCUT2D eigenvalue weighted by atomic mass is 32.2. The van der Waals surface area contributed by atoms with Crippen molar-refractivity contribution >= 4 is 29.5 Å². The largest absolute Gasteiger partial charge is 0.478 e. The zero-order valence-corrected chi connectivity index (χ0v) is 11.0. The van der Waals surface area contributed by atoms with E-state index < -0.39 is 17.7 Å². The molecule has 0 atom stereocenters. The SMILES string of the molecule is O=C(O)C1=C(Sc2ccc(C(F)(F)F)cn2)CSC1. The van der Waals surface area contributed by atoms with Crippen LogP contribution >= 0.6 is 23.5 Å². The molecule has 0 aliphatic carbocycles. The third kappa shape index (κ3) is 3.44. The number of hydrogen-bond donors (Lipinski definition) is 1. The van der Waals surface area contributed by atoms with Crippen LogP contribution in [-0.2, 0) is 11.0 Å². The van der Waals surface area contributed by atoms with Gasteiger partial charge in [0, 0.05) is 22.6 Å². The molecule has 0 saturated carbocycles. The maximum absolute atomic E-state index is 12.4. The van der Waals surface area contributed by atoms with Gasteiger partial charge in [-0.15, -0.1) is 0 Å². The standard InChI is InChI=1S/C11H8F3NO2S2/c12-11(13,14)6-1-2-9(15-3-6)19-8-5-18-4-7(8)10(16)17/h1-3H,4-5H2,(H,16,17). The second-order valence-electron chi connectivity index (χ2n) is 3.68. The first-order valence-corrected chi connectivity index (χ1v) is 7.09. The molecule has 8 heteroatoms. The molecule has 1 N–H and O–H groups in total. The average Bonchev–Trinajstić information content (AvgIpc) is 2.77. The fourth-order valence-corrected chi connectivity index (χ4v) is 3.74. The van der Waals surface area contributed by atoms with Gasteiger partial charge in [-0.2, -0.15) is 24.9 Å². The summed E-state index contributed by atoms with van der Waals surface area (Å²) in [6.45, 7) is 0. The van der Waals surface area contributed by atoms with Crippen molar-refractivity contribution in [1.29, 1.82) is 0 Å². The number of hydrogen-bond acceptors (Lipinski definition) is 4. The predicted octanol–water partition coefficient (Wildman–Crippen LogP) is 3.28. The van der Waals surface area contributed by atoms with Crippen LogP contribution in [-0.4, -0.2) is 27.6 Å². The second-order valence-corrected chi connectivity index (χ2v) is 5.79. The van der Waals surface area contributed by atoms with Gasteiger partial charge in [-0.3, -0.25) is 0 Å². The third-order valence-electron chi connectivity index (χ3n) is 2.37. The second kappa shape index (κ2) is 5.46. The Bertz CT molecular complexity index is 526. The number of carboxylic acid groups (broad SMARTS) is 1. The highest BCUT2D eigenvalue weighted by Crippen LogP contribution is 2.37. The maximum atomic E-state index is 12.4. The van der Waals surface area contributed by atoms with Gasteiger partial charge in [-0.1, -0.05) is 11.8 Å². The highest BCUT2D eigenvalue weighted by molar-refractivity contribution is 8.06. The zero-order valence-electron chi connectivity index (χ0n) is 9.40. The van der Waals surface area contributed by atoms with Crippen molar-refractivity contribution in [2.24, 2.45) is 0 Å². The fraction of sp³-hybridized carbons (Fsp3) is 0.273. The van der Waals surface area contributed by atoms with Gasteiger partial charge in [0.2, 0.25) is 0 Å². The number of halogens is 3. The first-order chi connectivity index (χ1) is 8.88. The van der Waals surface area contributed by atoms with Gasteiger partial charge in [0.15, 0.2) is 0 Å². The van der Waals surface area contributed by atoms with E-state index in [-0.39, 0.29) is 0 Å². The number of alkyl halides is 3. The van der Waals surface area contributed by atoms with E-state index in [1.54, 1.807) is 0 Å². The van der Waals surface area contributed by atoms with Crippen LogP contribution in [0.4, 0.5) is 13.2 Å². The molecule has 0 amide bonds. The molecule has 1 aliphatic heterocycles. The highest BCUT2D eigenvalue weighted by Gasteiger charge is 2.30. The van der Waals surface area contributed by atoms with E-state index in [1.165, 1.54) is 17.8 Å². The van der Waals surface area contributed by atoms with Gasteiger partial charge in [0.25, 0.3) is 0 Å². The number of carbonyl (C=O) groups is 1. The lowest BCUT2D eigenvalue weighted by Crippen LogP contribution is -2.05. The molecular formula is C11H8F3NO2S2. The van der Waals surface area contributed by atoms with E-state index in [4.69, 9.17) is 5.11 Å². The summed E-state index contributed by atoms with van der Waals surface area (Å²) in [6, 6.07) is 2.20. The summed E-state index contributed by atoms with van der Waals surface area (Å²) in [6.07, 6.45) is -3.66. The van der Waals surface area contributed by atoms with Crippen LogP contribution in [0.15, 0.2) is 33.8 Å². The molecule has 19 heavy (non-hydrogen) atoms. The first kappa shape index (κ1) is 14.3. The van der Waals surface area contributed by atoms with Gasteiger partial charge in [0.1, 0.15) is 5.03 Å². The molecule has 0 unspecified atom stereocenters. The molecule has 0 radical (unpaired) electrons. The number of thioether (sulfide) groups is 2. The monoisotopic (exact) mass is 307 g/mol. The van der Waals surface area contributed by atoms with Crippen LogP contribution in [0.2, 0.25) is 0 Å². The van der Waals surface area contributed by atoms with Crippen molar-refractivity contribution < 1.29 is 23.1 Å². The normalized spacial score (nSPS) is 15.9. The Morgan fingerprint density at radius 3 is 2.63 bits per heavy atom. The van der Waals surface area contributed by atoms with Crippen LogP contribution in [0.25, 0.3) is 0 Å². The minimum absolute atomic E-state index is 0.302. The molecule has 2 heterocycles. The summed E-state index contributed by atoms with van der Waals surface area (Å²) in [5, 5.41) is 9.32. The van der Waals surface area contributed by atoms with E-state index in [0.717, 1.165) is 24.0 Å². The van der Waals surface area contributed by atoms with Gasteiger partial charge in [-0.05, 0) is 12.1 Å². The fourth-order valence-electron chi connectivity index (χ4n) is 1.42. The van der Waals surface area contributed by atoms with E-state index in [1.807, 2.05) is 0 Å². The molecular weight excluding hydrogens is 299 g/mol. The molecule has 0 saturated heterocycles. The van der Waals surface area contributed by atoms with Crippen molar-refractivity contribution in [2.45, 2.75) is 11.2 Å². The molecule has 0 spiro atoms. The third-order valence-corrected chi connectivity index (χ3v) is 4.62. The summed E-state index contributed by atoms with van der Waals surface area (Å²) in [5.41, 5.74) is -0.512. The van der Waals surface area contributed by atoms with E-state index in [2.05, 4.69) is 4.98 Å². The number of pyridine rings is 1. The average molecular weight is 307 g/mol. The Hall–Kier alpha value is -1.15. The predicted molar refractivity (Wildman–Crippen MR) is 67.1 cm³/mol. The molecule has 0 aromatic carbocycles. The lowest BCUT2D eigenvalue weighted by atomic mass is 10.3. The molecule has 1 aromatic heterocycles. The van der Waals surface area contributed by atoms with Crippen molar-refractivity contribution in [2.75, 3.05) is 11.5 Å². The number of carboxylic acids is 1. The topological polar surface area (TPSA) is 50.2 Å². The quantitative estimate of drug-likeness (QED) is 0.928. The number of rotatable bonds is 3. The Balaban J connectivity index is 2.16. The maximum Gasteiger partial charge on any atom is 0.417 e. The molecule has 0 fully saturated rings. The first-order valence-electron chi connectivity index (χ1n) is 5.12. The van der Waals surface area contributed by atoms with Crippen LogP contribution in [0, 0.1) is 0 Å². The van der Waals surface area contributed by atoms with Gasteiger partial charge < -0.3 is 5.11 Å². The van der Waals surface area contributed by atoms with Crippen LogP contribution in [0.5, 0.6) is 0 Å². The van der Waals surface area contributed by atoms with E-state index in [0.29, 0.717) is 27.0 Å². The minimum atomic E-state index is -4.41. The van der Waals surface area contributed by atoms with Crippen molar-refractivity contribution in [1.82, 2.24) is 4.98 Å². The molecule has 2 rings (SSSR count). The van der Waals surface area contributed by atoms with Crippen LogP contribution < -0.4 is 0 Å². The molecule has 0 bridgehead atoms. The summed E-state index contributed by atoms with van der Waals surface area (Å²) in [4.78, 5) is 15.3. The number of nitrogens with zero attached hydrogens (tertiary/aromatic N) is 1. The van der Waals surface area contributed by atoms with Gasteiger partial charge >= 0.3 is 12.1 Å².